The molecule has 0 bridgehead atoms. The lowest BCUT2D eigenvalue weighted by atomic mass is 10.0. The molecule has 0 radical (unpaired) electrons. The number of nitrogens with zero attached hydrogens (tertiary/aromatic N) is 6. The van der Waals surface area contributed by atoms with Gasteiger partial charge in [0.15, 0.2) is 11.5 Å². The van der Waals surface area contributed by atoms with Crippen molar-refractivity contribution in [1.29, 1.82) is 0 Å². The number of anilines is 1. The standard InChI is InChI=1S/C28H22ClN7O2/c1-3-38-23-12-11-18-7-4-5-10-21(18)25(23)28(37)33-24-13-17(2)34-36(24)27-22-15-32-35(26(22)30-16-31-27)20-9-6-8-19(29)14-20/h4-16H,3H2,1-2H3,(H,33,37). The Labute approximate surface area is 222 Å². The van der Waals surface area contributed by atoms with Crippen molar-refractivity contribution in [3.63, 3.8) is 0 Å². The van der Waals surface area contributed by atoms with Gasteiger partial charge in [0.25, 0.3) is 5.91 Å². The van der Waals surface area contributed by atoms with Gasteiger partial charge in [-0.25, -0.2) is 14.6 Å². The van der Waals surface area contributed by atoms with Gasteiger partial charge < -0.3 is 10.1 Å². The van der Waals surface area contributed by atoms with Crippen LogP contribution in [0.3, 0.4) is 0 Å². The number of halogens is 1. The van der Waals surface area contributed by atoms with E-state index in [-0.39, 0.29) is 5.91 Å². The second kappa shape index (κ2) is 9.60. The summed E-state index contributed by atoms with van der Waals surface area (Å²) in [5.41, 5.74) is 2.51. The molecule has 0 unspecified atom stereocenters. The zero-order chi connectivity index (χ0) is 26.2. The minimum atomic E-state index is -0.314. The van der Waals surface area contributed by atoms with E-state index in [4.69, 9.17) is 16.3 Å². The number of hydrogen-bond acceptors (Lipinski definition) is 6. The van der Waals surface area contributed by atoms with E-state index >= 15 is 0 Å². The monoisotopic (exact) mass is 523 g/mol. The van der Waals surface area contributed by atoms with Crippen LogP contribution in [-0.4, -0.2) is 42.0 Å². The number of aromatic nitrogens is 6. The number of carbonyl (C=O) groups is 1. The Morgan fingerprint density at radius 1 is 1.00 bits per heavy atom. The van der Waals surface area contributed by atoms with Crippen molar-refractivity contribution >= 4 is 45.1 Å². The van der Waals surface area contributed by atoms with Crippen molar-refractivity contribution in [3.05, 3.63) is 95.5 Å². The minimum absolute atomic E-state index is 0.314. The van der Waals surface area contributed by atoms with Crippen LogP contribution in [0.4, 0.5) is 5.82 Å². The molecule has 9 nitrogen and oxygen atoms in total. The fraction of sp³-hybridized carbons (Fsp3) is 0.107. The average molecular weight is 524 g/mol. The van der Waals surface area contributed by atoms with Gasteiger partial charge in [-0.3, -0.25) is 4.79 Å². The largest absolute Gasteiger partial charge is 0.493 e. The number of fused-ring (bicyclic) bond motifs is 2. The van der Waals surface area contributed by atoms with Crippen molar-refractivity contribution < 1.29 is 9.53 Å². The van der Waals surface area contributed by atoms with E-state index in [0.29, 0.717) is 51.3 Å². The second-order valence-electron chi connectivity index (χ2n) is 8.60. The fourth-order valence-electron chi connectivity index (χ4n) is 4.49. The van der Waals surface area contributed by atoms with Crippen LogP contribution >= 0.6 is 11.6 Å². The first-order valence-corrected chi connectivity index (χ1v) is 12.4. The van der Waals surface area contributed by atoms with Crippen LogP contribution in [0.15, 0.2) is 79.3 Å². The molecular formula is C28H22ClN7O2. The predicted octanol–water partition coefficient (Wildman–Crippen LogP) is 5.77. The molecule has 0 saturated carbocycles. The first kappa shape index (κ1) is 23.6. The molecule has 1 N–H and O–H groups in total. The second-order valence-corrected chi connectivity index (χ2v) is 9.04. The van der Waals surface area contributed by atoms with E-state index < -0.39 is 0 Å². The zero-order valence-electron chi connectivity index (χ0n) is 20.6. The van der Waals surface area contributed by atoms with Gasteiger partial charge in [-0.1, -0.05) is 48.0 Å². The first-order chi connectivity index (χ1) is 18.5. The Morgan fingerprint density at radius 2 is 1.87 bits per heavy atom. The molecule has 6 aromatic rings. The zero-order valence-corrected chi connectivity index (χ0v) is 21.3. The van der Waals surface area contributed by atoms with Crippen LogP contribution in [0.1, 0.15) is 23.0 Å². The summed E-state index contributed by atoms with van der Waals surface area (Å²) in [7, 11) is 0. The van der Waals surface area contributed by atoms with Crippen molar-refractivity contribution in [2.75, 3.05) is 11.9 Å². The van der Waals surface area contributed by atoms with Gasteiger partial charge in [0.2, 0.25) is 0 Å². The first-order valence-electron chi connectivity index (χ1n) is 12.0. The van der Waals surface area contributed by atoms with Gasteiger partial charge in [0.1, 0.15) is 17.9 Å². The summed E-state index contributed by atoms with van der Waals surface area (Å²) in [5, 5.41) is 15.1. The number of hydrogen-bond donors (Lipinski definition) is 1. The molecule has 6 rings (SSSR count). The lowest BCUT2D eigenvalue weighted by molar-refractivity contribution is 0.102. The summed E-state index contributed by atoms with van der Waals surface area (Å²) in [6.07, 6.45) is 3.12. The third-order valence-corrected chi connectivity index (χ3v) is 6.32. The molecule has 38 heavy (non-hydrogen) atoms. The van der Waals surface area contributed by atoms with Gasteiger partial charge in [-0.2, -0.15) is 14.9 Å². The fourth-order valence-corrected chi connectivity index (χ4v) is 4.67. The summed E-state index contributed by atoms with van der Waals surface area (Å²) in [6.45, 7) is 4.17. The molecule has 0 saturated heterocycles. The molecule has 3 aromatic carbocycles. The van der Waals surface area contributed by atoms with Crippen molar-refractivity contribution in [1.82, 2.24) is 29.5 Å². The van der Waals surface area contributed by atoms with Crippen LogP contribution in [0, 0.1) is 6.92 Å². The van der Waals surface area contributed by atoms with E-state index in [0.717, 1.165) is 16.5 Å². The Morgan fingerprint density at radius 3 is 2.71 bits per heavy atom. The predicted molar refractivity (Wildman–Crippen MR) is 147 cm³/mol. The van der Waals surface area contributed by atoms with Crippen LogP contribution in [0.2, 0.25) is 5.02 Å². The number of rotatable bonds is 6. The number of nitrogens with one attached hydrogen (secondary N) is 1. The van der Waals surface area contributed by atoms with Crippen molar-refractivity contribution in [3.8, 4) is 17.3 Å². The molecule has 0 spiro atoms. The molecule has 3 aromatic heterocycles. The van der Waals surface area contributed by atoms with Crippen molar-refractivity contribution in [2.24, 2.45) is 0 Å². The third-order valence-electron chi connectivity index (χ3n) is 6.09. The SMILES string of the molecule is CCOc1ccc2ccccc2c1C(=O)Nc1cc(C)nn1-c1ncnc2c1cnn2-c1cccc(Cl)c1. The van der Waals surface area contributed by atoms with Gasteiger partial charge in [-0.15, -0.1) is 0 Å². The average Bonchev–Trinajstić information content (AvgIpc) is 3.51. The summed E-state index contributed by atoms with van der Waals surface area (Å²) in [6, 6.07) is 20.6. The Hall–Kier alpha value is -4.76. The Bertz CT molecular complexity index is 1830. The molecule has 3 heterocycles. The molecular weight excluding hydrogens is 502 g/mol. The molecule has 1 amide bonds. The number of ether oxygens (including phenoxy) is 1. The maximum absolute atomic E-state index is 13.7. The van der Waals surface area contributed by atoms with Crippen molar-refractivity contribution in [2.45, 2.75) is 13.8 Å². The lowest BCUT2D eigenvalue weighted by Gasteiger charge is -2.14. The number of aryl methyl sites for hydroxylation is 1. The van der Waals surface area contributed by atoms with E-state index in [9.17, 15) is 4.79 Å². The molecule has 10 heteroatoms. The third kappa shape index (κ3) is 4.12. The van der Waals surface area contributed by atoms with Crippen LogP contribution < -0.4 is 10.1 Å². The van der Waals surface area contributed by atoms with Gasteiger partial charge in [0.05, 0.1) is 35.1 Å². The summed E-state index contributed by atoms with van der Waals surface area (Å²) < 4.78 is 9.09. The molecule has 0 atom stereocenters. The van der Waals surface area contributed by atoms with E-state index in [1.807, 2.05) is 62.4 Å². The van der Waals surface area contributed by atoms with Crippen LogP contribution in [0.25, 0.3) is 33.3 Å². The Balaban J connectivity index is 1.43. The van der Waals surface area contributed by atoms with E-state index in [1.165, 1.54) is 6.33 Å². The lowest BCUT2D eigenvalue weighted by Crippen LogP contribution is -2.17. The molecule has 0 aliphatic carbocycles. The number of amides is 1. The maximum atomic E-state index is 13.7. The quantitative estimate of drug-likeness (QED) is 0.297. The minimum Gasteiger partial charge on any atom is -0.493 e. The smallest absolute Gasteiger partial charge is 0.261 e. The van der Waals surface area contributed by atoms with Crippen LogP contribution in [-0.2, 0) is 0 Å². The van der Waals surface area contributed by atoms with Gasteiger partial charge >= 0.3 is 0 Å². The van der Waals surface area contributed by atoms with E-state index in [1.54, 1.807) is 33.8 Å². The molecule has 0 fully saturated rings. The van der Waals surface area contributed by atoms with Gasteiger partial charge in [0, 0.05) is 11.1 Å². The highest BCUT2D eigenvalue weighted by Gasteiger charge is 2.21. The molecule has 188 valence electrons. The summed E-state index contributed by atoms with van der Waals surface area (Å²) >= 11 is 6.19. The topological polar surface area (TPSA) is 99.8 Å². The normalized spacial score (nSPS) is 11.2. The highest BCUT2D eigenvalue weighted by Crippen LogP contribution is 2.30. The number of carbonyl (C=O) groups excluding carboxylic acids is 1. The summed E-state index contributed by atoms with van der Waals surface area (Å²) in [4.78, 5) is 22.6. The van der Waals surface area contributed by atoms with Gasteiger partial charge in [-0.05, 0) is 48.9 Å². The Kier molecular flexibility index (Phi) is 5.97. The van der Waals surface area contributed by atoms with Crippen LogP contribution in [0.5, 0.6) is 5.75 Å². The molecule has 0 aliphatic heterocycles. The maximum Gasteiger partial charge on any atom is 0.261 e. The number of benzene rings is 3. The highest BCUT2D eigenvalue weighted by molar-refractivity contribution is 6.30. The summed E-state index contributed by atoms with van der Waals surface area (Å²) in [5.74, 6) is 1.14. The van der Waals surface area contributed by atoms with E-state index in [2.05, 4.69) is 25.5 Å². The molecule has 0 aliphatic rings. The highest BCUT2D eigenvalue weighted by atomic mass is 35.5.